The van der Waals surface area contributed by atoms with E-state index < -0.39 is 11.6 Å². The molecule has 1 atom stereocenters. The van der Waals surface area contributed by atoms with E-state index in [1.807, 2.05) is 6.07 Å². The molecule has 0 saturated heterocycles. The number of carboxylic acid groups (broad SMARTS) is 1. The van der Waals surface area contributed by atoms with Gasteiger partial charge in [0.15, 0.2) is 0 Å². The molecule has 0 saturated carbocycles. The van der Waals surface area contributed by atoms with Gasteiger partial charge in [-0.1, -0.05) is 12.1 Å². The number of carboxylic acids is 1. The summed E-state index contributed by atoms with van der Waals surface area (Å²) in [6, 6.07) is 11.8. The molecule has 2 aliphatic rings. The van der Waals surface area contributed by atoms with Crippen molar-refractivity contribution in [3.63, 3.8) is 0 Å². The van der Waals surface area contributed by atoms with Gasteiger partial charge in [-0.3, -0.25) is 0 Å². The molecule has 1 unspecified atom stereocenters. The normalized spacial score (nSPS) is 19.6. The van der Waals surface area contributed by atoms with E-state index in [0.717, 1.165) is 29.9 Å². The van der Waals surface area contributed by atoms with Crippen molar-refractivity contribution in [3.8, 4) is 17.2 Å². The molecule has 1 heterocycles. The summed E-state index contributed by atoms with van der Waals surface area (Å²) >= 11 is 0. The average molecular weight is 394 g/mol. The van der Waals surface area contributed by atoms with Crippen LogP contribution in [-0.4, -0.2) is 29.9 Å². The summed E-state index contributed by atoms with van der Waals surface area (Å²) in [5.74, 6) is 1.19. The lowest BCUT2D eigenvalue weighted by Gasteiger charge is -2.27. The molecule has 1 aliphatic heterocycles. The van der Waals surface area contributed by atoms with E-state index in [0.29, 0.717) is 19.0 Å². The van der Waals surface area contributed by atoms with Crippen molar-refractivity contribution < 1.29 is 24.1 Å². The summed E-state index contributed by atoms with van der Waals surface area (Å²) in [7, 11) is 0. The lowest BCUT2D eigenvalue weighted by atomic mass is 9.92. The summed E-state index contributed by atoms with van der Waals surface area (Å²) in [5.41, 5.74) is 2.37. The third-order valence-corrected chi connectivity index (χ3v) is 5.45. The molecule has 152 valence electrons. The molecule has 0 fully saturated rings. The Kier molecular flexibility index (Phi) is 5.47. The molecule has 0 bridgehead atoms. The molecule has 0 radical (unpaired) electrons. The number of aryl methyl sites for hydroxylation is 2. The van der Waals surface area contributed by atoms with Crippen molar-refractivity contribution in [2.45, 2.75) is 44.6 Å². The quantitative estimate of drug-likeness (QED) is 0.692. The molecule has 5 nitrogen and oxygen atoms in total. The van der Waals surface area contributed by atoms with Crippen LogP contribution in [0.15, 0.2) is 42.5 Å². The van der Waals surface area contributed by atoms with Gasteiger partial charge in [0.25, 0.3) is 0 Å². The molecule has 29 heavy (non-hydrogen) atoms. The second kappa shape index (κ2) is 8.19. The van der Waals surface area contributed by atoms with Gasteiger partial charge in [-0.05, 0) is 80.1 Å². The first kappa shape index (κ1) is 19.4. The zero-order valence-electron chi connectivity index (χ0n) is 16.6. The standard InChI is InChI=1S/C24H26O5/c1-24(23(25)26)12-11-19-16-21(9-10-22(19)29-24)28-14-4-13-27-20-8-7-17-5-2-3-6-18(17)15-20/h7-12,15-16H,2-6,13-14H2,1H3,(H,25,26). The minimum absolute atomic E-state index is 0.542. The van der Waals surface area contributed by atoms with E-state index in [4.69, 9.17) is 14.2 Å². The first-order valence-corrected chi connectivity index (χ1v) is 10.2. The van der Waals surface area contributed by atoms with Gasteiger partial charge in [-0.15, -0.1) is 0 Å². The van der Waals surface area contributed by atoms with Crippen LogP contribution in [0.5, 0.6) is 17.2 Å². The SMILES string of the molecule is CC1(C(=O)O)C=Cc2cc(OCCCOc3ccc4c(c3)CCCC4)ccc2O1. The zero-order chi connectivity index (χ0) is 20.3. The lowest BCUT2D eigenvalue weighted by Crippen LogP contribution is -2.40. The molecule has 5 heteroatoms. The van der Waals surface area contributed by atoms with E-state index in [9.17, 15) is 9.90 Å². The predicted octanol–water partition coefficient (Wildman–Crippen LogP) is 4.66. The van der Waals surface area contributed by atoms with Crippen LogP contribution < -0.4 is 14.2 Å². The van der Waals surface area contributed by atoms with Crippen molar-refractivity contribution in [1.82, 2.24) is 0 Å². The minimum Gasteiger partial charge on any atom is -0.493 e. The van der Waals surface area contributed by atoms with Crippen molar-refractivity contribution in [1.29, 1.82) is 0 Å². The van der Waals surface area contributed by atoms with Crippen LogP contribution >= 0.6 is 0 Å². The van der Waals surface area contributed by atoms with Gasteiger partial charge in [-0.25, -0.2) is 4.79 Å². The third kappa shape index (κ3) is 4.39. The fourth-order valence-corrected chi connectivity index (χ4v) is 3.70. The Morgan fingerprint density at radius 1 is 1.03 bits per heavy atom. The number of hydrogen-bond donors (Lipinski definition) is 1. The summed E-state index contributed by atoms with van der Waals surface area (Å²) in [6.45, 7) is 2.67. The highest BCUT2D eigenvalue weighted by Gasteiger charge is 2.35. The Labute approximate surface area is 170 Å². The van der Waals surface area contributed by atoms with Crippen LogP contribution in [0.2, 0.25) is 0 Å². The van der Waals surface area contributed by atoms with E-state index in [1.54, 1.807) is 24.3 Å². The van der Waals surface area contributed by atoms with Gasteiger partial charge in [0.2, 0.25) is 5.60 Å². The van der Waals surface area contributed by atoms with Crippen LogP contribution in [0, 0.1) is 0 Å². The second-order valence-electron chi connectivity index (χ2n) is 7.74. The van der Waals surface area contributed by atoms with Crippen molar-refractivity contribution >= 4 is 12.0 Å². The van der Waals surface area contributed by atoms with Crippen LogP contribution in [0.4, 0.5) is 0 Å². The number of fused-ring (bicyclic) bond motifs is 2. The number of ether oxygens (including phenoxy) is 3. The van der Waals surface area contributed by atoms with Gasteiger partial charge in [0.1, 0.15) is 17.2 Å². The Hall–Kier alpha value is -2.95. The van der Waals surface area contributed by atoms with Crippen molar-refractivity contribution in [3.05, 3.63) is 59.2 Å². The number of hydrogen-bond acceptors (Lipinski definition) is 4. The summed E-state index contributed by atoms with van der Waals surface area (Å²) in [6.07, 6.45) is 8.97. The lowest BCUT2D eigenvalue weighted by molar-refractivity contribution is -0.149. The molecule has 0 aromatic heterocycles. The highest BCUT2D eigenvalue weighted by molar-refractivity contribution is 5.83. The number of aliphatic carboxylic acids is 1. The average Bonchev–Trinajstić information content (AvgIpc) is 2.73. The molecule has 0 amide bonds. The van der Waals surface area contributed by atoms with Crippen molar-refractivity contribution in [2.24, 2.45) is 0 Å². The first-order chi connectivity index (χ1) is 14.0. The van der Waals surface area contributed by atoms with Gasteiger partial charge in [-0.2, -0.15) is 0 Å². The van der Waals surface area contributed by atoms with Gasteiger partial charge in [0, 0.05) is 12.0 Å². The van der Waals surface area contributed by atoms with E-state index >= 15 is 0 Å². The molecule has 1 aliphatic carbocycles. The maximum Gasteiger partial charge on any atom is 0.351 e. The summed E-state index contributed by atoms with van der Waals surface area (Å²) in [5, 5.41) is 9.27. The Bertz CT molecular complexity index is 933. The molecule has 2 aromatic carbocycles. The molecular formula is C24H26O5. The highest BCUT2D eigenvalue weighted by atomic mass is 16.5. The van der Waals surface area contributed by atoms with Gasteiger partial charge in [0.05, 0.1) is 13.2 Å². The zero-order valence-corrected chi connectivity index (χ0v) is 16.6. The molecule has 2 aromatic rings. The Morgan fingerprint density at radius 3 is 2.48 bits per heavy atom. The van der Waals surface area contributed by atoms with Crippen LogP contribution in [0.25, 0.3) is 6.08 Å². The molecular weight excluding hydrogens is 368 g/mol. The van der Waals surface area contributed by atoms with Crippen LogP contribution in [0.1, 0.15) is 42.9 Å². The molecule has 0 spiro atoms. The predicted molar refractivity (Wildman–Crippen MR) is 111 cm³/mol. The third-order valence-electron chi connectivity index (χ3n) is 5.45. The fraction of sp³-hybridized carbons (Fsp3) is 0.375. The van der Waals surface area contributed by atoms with Crippen LogP contribution in [0.3, 0.4) is 0 Å². The maximum atomic E-state index is 11.3. The summed E-state index contributed by atoms with van der Waals surface area (Å²) in [4.78, 5) is 11.3. The van der Waals surface area contributed by atoms with Crippen LogP contribution in [-0.2, 0) is 17.6 Å². The summed E-state index contributed by atoms with van der Waals surface area (Å²) < 4.78 is 17.3. The van der Waals surface area contributed by atoms with E-state index in [1.165, 1.54) is 37.3 Å². The molecule has 1 N–H and O–H groups in total. The topological polar surface area (TPSA) is 65.0 Å². The van der Waals surface area contributed by atoms with E-state index in [2.05, 4.69) is 18.2 Å². The number of rotatable bonds is 7. The Morgan fingerprint density at radius 2 is 1.72 bits per heavy atom. The fourth-order valence-electron chi connectivity index (χ4n) is 3.70. The second-order valence-corrected chi connectivity index (χ2v) is 7.74. The minimum atomic E-state index is -1.33. The first-order valence-electron chi connectivity index (χ1n) is 10.2. The van der Waals surface area contributed by atoms with E-state index in [-0.39, 0.29) is 0 Å². The monoisotopic (exact) mass is 394 g/mol. The largest absolute Gasteiger partial charge is 0.493 e. The molecule has 4 rings (SSSR count). The van der Waals surface area contributed by atoms with Gasteiger partial charge >= 0.3 is 5.97 Å². The maximum absolute atomic E-state index is 11.3. The number of carbonyl (C=O) groups is 1. The number of benzene rings is 2. The van der Waals surface area contributed by atoms with Crippen molar-refractivity contribution in [2.75, 3.05) is 13.2 Å². The Balaban J connectivity index is 1.25. The smallest absolute Gasteiger partial charge is 0.351 e. The van der Waals surface area contributed by atoms with Gasteiger partial charge < -0.3 is 19.3 Å². The highest BCUT2D eigenvalue weighted by Crippen LogP contribution is 2.33.